The van der Waals surface area contributed by atoms with Gasteiger partial charge in [0.2, 0.25) is 5.91 Å². The minimum atomic E-state index is -0.208. The second-order valence-electron chi connectivity index (χ2n) is 3.29. The molecule has 1 heterocycles. The second kappa shape index (κ2) is 2.79. The Morgan fingerprint density at radius 1 is 1.73 bits per heavy atom. The highest BCUT2D eigenvalue weighted by Gasteiger charge is 2.37. The average molecular weight is 158 g/mol. The molecule has 0 unspecified atom stereocenters. The van der Waals surface area contributed by atoms with Gasteiger partial charge in [-0.3, -0.25) is 4.79 Å². The lowest BCUT2D eigenvalue weighted by molar-refractivity contribution is -0.126. The Bertz CT molecular complexity index is 172. The van der Waals surface area contributed by atoms with Crippen LogP contribution in [-0.4, -0.2) is 37.0 Å². The zero-order valence-corrected chi connectivity index (χ0v) is 7.18. The lowest BCUT2D eigenvalue weighted by Gasteiger charge is -2.22. The molecular formula is C7H14N2O2. The van der Waals surface area contributed by atoms with Crippen molar-refractivity contribution in [2.24, 2.45) is 0 Å². The number of likely N-dealkylation sites (tertiary alicyclic amines) is 1. The molecule has 0 aromatic rings. The van der Waals surface area contributed by atoms with Gasteiger partial charge in [0, 0.05) is 20.0 Å². The summed E-state index contributed by atoms with van der Waals surface area (Å²) in [6, 6.07) is 0. The summed E-state index contributed by atoms with van der Waals surface area (Å²) in [5.74, 6) is 0.164. The highest BCUT2D eigenvalue weighted by atomic mass is 16.6. The third kappa shape index (κ3) is 1.70. The average Bonchev–Trinajstić information content (AvgIpc) is 2.08. The summed E-state index contributed by atoms with van der Waals surface area (Å²) in [5, 5.41) is 0. The SMILES string of the molecule is CON[C@]1(C)CC(=O)N(C)C1. The van der Waals surface area contributed by atoms with Crippen LogP contribution >= 0.6 is 0 Å². The van der Waals surface area contributed by atoms with Crippen LogP contribution in [0.15, 0.2) is 0 Å². The van der Waals surface area contributed by atoms with Gasteiger partial charge in [0.1, 0.15) is 0 Å². The number of nitrogens with zero attached hydrogens (tertiary/aromatic N) is 1. The van der Waals surface area contributed by atoms with Crippen LogP contribution in [0.5, 0.6) is 0 Å². The monoisotopic (exact) mass is 158 g/mol. The van der Waals surface area contributed by atoms with E-state index in [0.717, 1.165) is 0 Å². The molecule has 1 N–H and O–H groups in total. The van der Waals surface area contributed by atoms with E-state index in [2.05, 4.69) is 5.48 Å². The lowest BCUT2D eigenvalue weighted by Crippen LogP contribution is -2.43. The second-order valence-corrected chi connectivity index (χ2v) is 3.29. The number of hydroxylamine groups is 1. The minimum Gasteiger partial charge on any atom is -0.344 e. The molecule has 1 aliphatic rings. The Balaban J connectivity index is 2.56. The number of rotatable bonds is 2. The van der Waals surface area contributed by atoms with Gasteiger partial charge >= 0.3 is 0 Å². The molecule has 1 rings (SSSR count). The van der Waals surface area contributed by atoms with E-state index in [9.17, 15) is 4.79 Å². The maximum absolute atomic E-state index is 11.1. The van der Waals surface area contributed by atoms with Crippen LogP contribution in [0.1, 0.15) is 13.3 Å². The summed E-state index contributed by atoms with van der Waals surface area (Å²) in [5.41, 5.74) is 2.61. The Hall–Kier alpha value is -0.610. The van der Waals surface area contributed by atoms with Crippen molar-refractivity contribution < 1.29 is 9.63 Å². The number of hydrogen-bond acceptors (Lipinski definition) is 3. The minimum absolute atomic E-state index is 0.164. The van der Waals surface area contributed by atoms with Crippen LogP contribution in [-0.2, 0) is 9.63 Å². The fourth-order valence-electron chi connectivity index (χ4n) is 1.45. The predicted octanol–water partition coefficient (Wildman–Crippen LogP) is -0.242. The Kier molecular flexibility index (Phi) is 2.15. The van der Waals surface area contributed by atoms with Crippen LogP contribution in [0.2, 0.25) is 0 Å². The van der Waals surface area contributed by atoms with E-state index in [0.29, 0.717) is 13.0 Å². The molecule has 0 aromatic carbocycles. The van der Waals surface area contributed by atoms with Gasteiger partial charge in [-0.1, -0.05) is 0 Å². The van der Waals surface area contributed by atoms with Gasteiger partial charge < -0.3 is 9.74 Å². The maximum Gasteiger partial charge on any atom is 0.224 e. The third-order valence-electron chi connectivity index (χ3n) is 1.90. The molecule has 1 aliphatic heterocycles. The number of hydrogen-bond donors (Lipinski definition) is 1. The molecule has 4 heteroatoms. The smallest absolute Gasteiger partial charge is 0.224 e. The molecule has 0 aliphatic carbocycles. The van der Waals surface area contributed by atoms with Crippen molar-refractivity contribution in [3.63, 3.8) is 0 Å². The Morgan fingerprint density at radius 2 is 2.36 bits per heavy atom. The van der Waals surface area contributed by atoms with Gasteiger partial charge in [-0.25, -0.2) is 0 Å². The van der Waals surface area contributed by atoms with Crippen molar-refractivity contribution in [3.8, 4) is 0 Å². The quantitative estimate of drug-likeness (QED) is 0.564. The Labute approximate surface area is 66.5 Å². The number of carbonyl (C=O) groups is 1. The molecule has 1 amide bonds. The molecule has 1 saturated heterocycles. The molecule has 0 radical (unpaired) electrons. The predicted molar refractivity (Wildman–Crippen MR) is 40.8 cm³/mol. The van der Waals surface area contributed by atoms with Crippen molar-refractivity contribution >= 4 is 5.91 Å². The maximum atomic E-state index is 11.1. The first kappa shape index (κ1) is 8.49. The van der Waals surface area contributed by atoms with E-state index in [4.69, 9.17) is 4.84 Å². The first-order chi connectivity index (χ1) is 5.07. The summed E-state index contributed by atoms with van der Waals surface area (Å²) < 4.78 is 0. The fourth-order valence-corrected chi connectivity index (χ4v) is 1.45. The highest BCUT2D eigenvalue weighted by molar-refractivity contribution is 5.79. The van der Waals surface area contributed by atoms with E-state index in [1.165, 1.54) is 0 Å². The number of carbonyl (C=O) groups excluding carboxylic acids is 1. The van der Waals surface area contributed by atoms with Crippen molar-refractivity contribution in [1.29, 1.82) is 0 Å². The van der Waals surface area contributed by atoms with Gasteiger partial charge in [-0.2, -0.15) is 5.48 Å². The summed E-state index contributed by atoms with van der Waals surface area (Å²) in [6.45, 7) is 2.68. The van der Waals surface area contributed by atoms with E-state index < -0.39 is 0 Å². The van der Waals surface area contributed by atoms with E-state index in [1.54, 1.807) is 19.1 Å². The van der Waals surface area contributed by atoms with Gasteiger partial charge in [0.05, 0.1) is 12.6 Å². The van der Waals surface area contributed by atoms with Crippen LogP contribution in [0.25, 0.3) is 0 Å². The zero-order chi connectivity index (χ0) is 8.48. The van der Waals surface area contributed by atoms with Gasteiger partial charge in [-0.15, -0.1) is 0 Å². The molecule has 1 atom stereocenters. The standard InChI is InChI=1S/C7H14N2O2/c1-7(8-11-3)4-6(10)9(2)5-7/h8H,4-5H2,1-3H3/t7-/m1/s1. The molecule has 0 bridgehead atoms. The summed E-state index contributed by atoms with van der Waals surface area (Å²) in [6.07, 6.45) is 0.511. The van der Waals surface area contributed by atoms with E-state index in [1.807, 2.05) is 6.92 Å². The number of likely N-dealkylation sites (N-methyl/N-ethyl adjacent to an activating group) is 1. The molecule has 11 heavy (non-hydrogen) atoms. The van der Waals surface area contributed by atoms with Gasteiger partial charge in [0.15, 0.2) is 0 Å². The van der Waals surface area contributed by atoms with Crippen LogP contribution in [0, 0.1) is 0 Å². The zero-order valence-electron chi connectivity index (χ0n) is 7.18. The molecule has 4 nitrogen and oxygen atoms in total. The summed E-state index contributed by atoms with van der Waals surface area (Å²) in [4.78, 5) is 17.6. The van der Waals surface area contributed by atoms with Gasteiger partial charge in [-0.05, 0) is 6.92 Å². The first-order valence-electron chi connectivity index (χ1n) is 3.61. The third-order valence-corrected chi connectivity index (χ3v) is 1.90. The summed E-state index contributed by atoms with van der Waals surface area (Å²) >= 11 is 0. The molecule has 0 aromatic heterocycles. The molecular weight excluding hydrogens is 144 g/mol. The summed E-state index contributed by atoms with van der Waals surface area (Å²) in [7, 11) is 3.36. The molecule has 64 valence electrons. The Morgan fingerprint density at radius 3 is 2.73 bits per heavy atom. The van der Waals surface area contributed by atoms with Crippen molar-refractivity contribution in [2.45, 2.75) is 18.9 Å². The van der Waals surface area contributed by atoms with Crippen LogP contribution in [0.3, 0.4) is 0 Å². The number of amides is 1. The number of nitrogens with one attached hydrogen (secondary N) is 1. The highest BCUT2D eigenvalue weighted by Crippen LogP contribution is 2.19. The lowest BCUT2D eigenvalue weighted by atomic mass is 10.0. The van der Waals surface area contributed by atoms with Crippen molar-refractivity contribution in [2.75, 3.05) is 20.7 Å². The topological polar surface area (TPSA) is 41.6 Å². The van der Waals surface area contributed by atoms with Crippen molar-refractivity contribution in [1.82, 2.24) is 10.4 Å². The normalized spacial score (nSPS) is 31.5. The van der Waals surface area contributed by atoms with Crippen LogP contribution < -0.4 is 5.48 Å². The fraction of sp³-hybridized carbons (Fsp3) is 0.857. The van der Waals surface area contributed by atoms with E-state index >= 15 is 0 Å². The largest absolute Gasteiger partial charge is 0.344 e. The van der Waals surface area contributed by atoms with E-state index in [-0.39, 0.29) is 11.4 Å². The van der Waals surface area contributed by atoms with Crippen molar-refractivity contribution in [3.05, 3.63) is 0 Å². The van der Waals surface area contributed by atoms with Gasteiger partial charge in [0.25, 0.3) is 0 Å². The van der Waals surface area contributed by atoms with Crippen LogP contribution in [0.4, 0.5) is 0 Å². The molecule has 1 fully saturated rings. The molecule has 0 spiro atoms. The molecule has 0 saturated carbocycles. The first-order valence-corrected chi connectivity index (χ1v) is 3.61.